The van der Waals surface area contributed by atoms with Gasteiger partial charge in [0.2, 0.25) is 0 Å². The van der Waals surface area contributed by atoms with Gasteiger partial charge in [0.05, 0.1) is 7.11 Å². The lowest BCUT2D eigenvalue weighted by atomic mass is 10.4. The Labute approximate surface area is 84.4 Å². The molecule has 0 saturated carbocycles. The van der Waals surface area contributed by atoms with Crippen LogP contribution in [-0.4, -0.2) is 18.2 Å². The van der Waals surface area contributed by atoms with Gasteiger partial charge in [-0.1, -0.05) is 23.2 Å². The highest BCUT2D eigenvalue weighted by Gasteiger charge is 2.05. The van der Waals surface area contributed by atoms with Crippen LogP contribution >= 0.6 is 23.2 Å². The molecule has 0 aromatic carbocycles. The summed E-state index contributed by atoms with van der Waals surface area (Å²) in [5.41, 5.74) is 0. The Hall–Kier alpha value is -1.00. The monoisotopic (exact) mass is 221 g/mol. The van der Waals surface area contributed by atoms with Gasteiger partial charge in [-0.15, -0.1) is 0 Å². The number of pyridine rings is 1. The molecule has 4 nitrogen and oxygen atoms in total. The maximum Gasteiger partial charge on any atom is 0.513 e. The van der Waals surface area contributed by atoms with Crippen molar-refractivity contribution in [1.29, 1.82) is 0 Å². The third kappa shape index (κ3) is 3.08. The molecule has 1 heterocycles. The zero-order valence-corrected chi connectivity index (χ0v) is 8.09. The zero-order chi connectivity index (χ0) is 9.84. The Bertz CT molecular complexity index is 309. The highest BCUT2D eigenvalue weighted by molar-refractivity contribution is 6.32. The van der Waals surface area contributed by atoms with Crippen LogP contribution in [0.1, 0.15) is 0 Å². The minimum atomic E-state index is -0.835. The maximum atomic E-state index is 10.7. The molecule has 6 heteroatoms. The van der Waals surface area contributed by atoms with Crippen LogP contribution in [0.3, 0.4) is 0 Å². The molecule has 0 N–H and O–H groups in total. The van der Waals surface area contributed by atoms with E-state index in [1.54, 1.807) is 0 Å². The Morgan fingerprint density at radius 1 is 1.38 bits per heavy atom. The van der Waals surface area contributed by atoms with E-state index in [4.69, 9.17) is 23.2 Å². The topological polar surface area (TPSA) is 48.4 Å². The number of carbonyl (C=O) groups excluding carboxylic acids is 1. The second-order valence-electron chi connectivity index (χ2n) is 2.00. The van der Waals surface area contributed by atoms with Crippen molar-refractivity contribution in [2.75, 3.05) is 7.11 Å². The van der Waals surface area contributed by atoms with Gasteiger partial charge in [-0.2, -0.15) is 0 Å². The SMILES string of the molecule is COC(=O)Oc1cc(Cl)nc(Cl)c1. The Morgan fingerprint density at radius 2 is 1.92 bits per heavy atom. The molecule has 0 bridgehead atoms. The predicted octanol–water partition coefficient (Wildman–Crippen LogP) is 2.53. The fourth-order valence-electron chi connectivity index (χ4n) is 0.640. The fraction of sp³-hybridized carbons (Fsp3) is 0.143. The number of halogens is 2. The van der Waals surface area contributed by atoms with Crippen LogP contribution in [0.25, 0.3) is 0 Å². The third-order valence-corrected chi connectivity index (χ3v) is 1.49. The summed E-state index contributed by atoms with van der Waals surface area (Å²) in [5.74, 6) is 0.192. The largest absolute Gasteiger partial charge is 0.513 e. The lowest BCUT2D eigenvalue weighted by Gasteiger charge is -2.02. The first-order valence-corrected chi connectivity index (χ1v) is 3.96. The summed E-state index contributed by atoms with van der Waals surface area (Å²) in [6, 6.07) is 2.70. The first-order chi connectivity index (χ1) is 6.11. The molecule has 0 amide bonds. The molecule has 0 aliphatic carbocycles. The summed E-state index contributed by atoms with van der Waals surface area (Å²) in [5, 5.41) is 0.290. The first kappa shape index (κ1) is 10.1. The van der Waals surface area contributed by atoms with E-state index >= 15 is 0 Å². The molecule has 1 aromatic heterocycles. The minimum Gasteiger partial charge on any atom is -0.437 e. The van der Waals surface area contributed by atoms with Crippen molar-refractivity contribution in [1.82, 2.24) is 4.98 Å². The van der Waals surface area contributed by atoms with Gasteiger partial charge >= 0.3 is 6.16 Å². The summed E-state index contributed by atoms with van der Waals surface area (Å²) in [6.07, 6.45) is -0.835. The smallest absolute Gasteiger partial charge is 0.437 e. The number of rotatable bonds is 1. The van der Waals surface area contributed by atoms with Gasteiger partial charge in [-0.25, -0.2) is 9.78 Å². The van der Waals surface area contributed by atoms with Crippen LogP contribution in [0.5, 0.6) is 5.75 Å². The van der Waals surface area contributed by atoms with Crippen LogP contribution in [0.4, 0.5) is 4.79 Å². The Morgan fingerprint density at radius 3 is 2.38 bits per heavy atom. The van der Waals surface area contributed by atoms with Gasteiger partial charge in [0.25, 0.3) is 0 Å². The number of carbonyl (C=O) groups is 1. The molecule has 0 spiro atoms. The van der Waals surface area contributed by atoms with Gasteiger partial charge in [0.15, 0.2) is 0 Å². The summed E-state index contributed by atoms with van der Waals surface area (Å²) >= 11 is 11.1. The number of nitrogens with zero attached hydrogens (tertiary/aromatic N) is 1. The molecule has 0 radical (unpaired) electrons. The number of hydrogen-bond donors (Lipinski definition) is 0. The first-order valence-electron chi connectivity index (χ1n) is 3.20. The molecular weight excluding hydrogens is 217 g/mol. The predicted molar refractivity (Wildman–Crippen MR) is 47.3 cm³/mol. The Balaban J connectivity index is 2.83. The molecule has 1 aromatic rings. The summed E-state index contributed by atoms with van der Waals surface area (Å²) in [4.78, 5) is 14.3. The molecule has 1 rings (SSSR count). The molecule has 0 atom stereocenters. The van der Waals surface area contributed by atoms with Crippen LogP contribution in [-0.2, 0) is 4.74 Å². The lowest BCUT2D eigenvalue weighted by Crippen LogP contribution is -2.07. The van der Waals surface area contributed by atoms with Crippen LogP contribution in [0.2, 0.25) is 10.3 Å². The number of methoxy groups -OCH3 is 1. The van der Waals surface area contributed by atoms with E-state index in [1.165, 1.54) is 19.2 Å². The molecule has 0 saturated heterocycles. The third-order valence-electron chi connectivity index (χ3n) is 1.10. The van der Waals surface area contributed by atoms with Crippen molar-refractivity contribution in [3.63, 3.8) is 0 Å². The number of hydrogen-bond acceptors (Lipinski definition) is 4. The average molecular weight is 222 g/mol. The minimum absolute atomic E-state index is 0.145. The van der Waals surface area contributed by atoms with Crippen molar-refractivity contribution in [3.8, 4) is 5.75 Å². The van der Waals surface area contributed by atoms with E-state index < -0.39 is 6.16 Å². The molecule has 13 heavy (non-hydrogen) atoms. The number of ether oxygens (including phenoxy) is 2. The molecule has 0 unspecified atom stereocenters. The van der Waals surface area contributed by atoms with Crippen molar-refractivity contribution in [2.24, 2.45) is 0 Å². The van der Waals surface area contributed by atoms with E-state index in [2.05, 4.69) is 14.5 Å². The van der Waals surface area contributed by atoms with Crippen LogP contribution in [0, 0.1) is 0 Å². The second kappa shape index (κ2) is 4.30. The van der Waals surface area contributed by atoms with Gasteiger partial charge in [0, 0.05) is 12.1 Å². The van der Waals surface area contributed by atoms with E-state index in [1.807, 2.05) is 0 Å². The van der Waals surface area contributed by atoms with Gasteiger partial charge in [-0.3, -0.25) is 0 Å². The van der Waals surface area contributed by atoms with E-state index in [0.717, 1.165) is 0 Å². The van der Waals surface area contributed by atoms with Crippen molar-refractivity contribution in [3.05, 3.63) is 22.4 Å². The molecule has 0 fully saturated rings. The average Bonchev–Trinajstić information content (AvgIpc) is 2.02. The molecule has 70 valence electrons. The summed E-state index contributed by atoms with van der Waals surface area (Å²) in [7, 11) is 1.20. The standard InChI is InChI=1S/C7H5Cl2NO3/c1-12-7(11)13-4-2-5(8)10-6(9)3-4/h2-3H,1H3. The molecule has 0 aliphatic heterocycles. The van der Waals surface area contributed by atoms with E-state index in [-0.39, 0.29) is 16.1 Å². The Kier molecular flexibility index (Phi) is 3.33. The van der Waals surface area contributed by atoms with Crippen LogP contribution < -0.4 is 4.74 Å². The van der Waals surface area contributed by atoms with Crippen molar-refractivity contribution in [2.45, 2.75) is 0 Å². The highest BCUT2D eigenvalue weighted by atomic mass is 35.5. The lowest BCUT2D eigenvalue weighted by molar-refractivity contribution is 0.121. The molecule has 0 aliphatic rings. The van der Waals surface area contributed by atoms with Gasteiger partial charge < -0.3 is 9.47 Å². The fourth-order valence-corrected chi connectivity index (χ4v) is 1.08. The van der Waals surface area contributed by atoms with Gasteiger partial charge in [-0.05, 0) is 0 Å². The van der Waals surface area contributed by atoms with E-state index in [0.29, 0.717) is 0 Å². The normalized spacial score (nSPS) is 9.46. The van der Waals surface area contributed by atoms with Crippen molar-refractivity contribution >= 4 is 29.4 Å². The summed E-state index contributed by atoms with van der Waals surface area (Å²) in [6.45, 7) is 0. The second-order valence-corrected chi connectivity index (χ2v) is 2.78. The van der Waals surface area contributed by atoms with Gasteiger partial charge in [0.1, 0.15) is 16.1 Å². The van der Waals surface area contributed by atoms with Crippen molar-refractivity contribution < 1.29 is 14.3 Å². The quantitative estimate of drug-likeness (QED) is 0.541. The van der Waals surface area contributed by atoms with E-state index in [9.17, 15) is 4.79 Å². The zero-order valence-electron chi connectivity index (χ0n) is 6.58. The highest BCUT2D eigenvalue weighted by Crippen LogP contribution is 2.20. The molecular formula is C7H5Cl2NO3. The van der Waals surface area contributed by atoms with Crippen LogP contribution in [0.15, 0.2) is 12.1 Å². The maximum absolute atomic E-state index is 10.7. The number of aromatic nitrogens is 1. The summed E-state index contributed by atoms with van der Waals surface area (Å²) < 4.78 is 8.92.